The van der Waals surface area contributed by atoms with E-state index in [1.54, 1.807) is 12.1 Å². The van der Waals surface area contributed by atoms with Gasteiger partial charge < -0.3 is 10.4 Å². The minimum Gasteiger partial charge on any atom is -0.507 e. The van der Waals surface area contributed by atoms with Crippen LogP contribution < -0.4 is 10.6 Å². The smallest absolute Gasteiger partial charge is 0.261 e. The Morgan fingerprint density at radius 1 is 1.27 bits per heavy atom. The highest BCUT2D eigenvalue weighted by Crippen LogP contribution is 2.38. The lowest BCUT2D eigenvalue weighted by atomic mass is 9.93. The van der Waals surface area contributed by atoms with Crippen LogP contribution >= 0.6 is 0 Å². The first-order chi connectivity index (χ1) is 12.4. The molecule has 0 saturated carbocycles. The van der Waals surface area contributed by atoms with Gasteiger partial charge in [0.25, 0.3) is 5.91 Å². The van der Waals surface area contributed by atoms with Crippen molar-refractivity contribution in [3.8, 4) is 16.9 Å². The summed E-state index contributed by atoms with van der Waals surface area (Å²) < 4.78 is 0. The molecular weight excluding hydrogens is 328 g/mol. The number of amides is 1. The van der Waals surface area contributed by atoms with Gasteiger partial charge in [0, 0.05) is 24.1 Å². The molecular formula is C20H20N4O2. The van der Waals surface area contributed by atoms with Gasteiger partial charge >= 0.3 is 0 Å². The van der Waals surface area contributed by atoms with Crippen LogP contribution in [0.3, 0.4) is 0 Å². The van der Waals surface area contributed by atoms with Crippen LogP contribution in [0.4, 0.5) is 5.69 Å². The molecule has 0 bridgehead atoms. The number of benzene rings is 2. The van der Waals surface area contributed by atoms with E-state index >= 15 is 0 Å². The van der Waals surface area contributed by atoms with Crippen molar-refractivity contribution in [3.05, 3.63) is 59.4 Å². The molecule has 0 aromatic heterocycles. The van der Waals surface area contributed by atoms with Crippen LogP contribution in [0.15, 0.2) is 47.5 Å². The summed E-state index contributed by atoms with van der Waals surface area (Å²) in [4.78, 5) is 20.7. The molecule has 1 aliphatic rings. The van der Waals surface area contributed by atoms with Crippen molar-refractivity contribution in [2.45, 2.75) is 13.8 Å². The molecule has 0 unspecified atom stereocenters. The third-order valence-electron chi connectivity index (χ3n) is 4.20. The maximum Gasteiger partial charge on any atom is 0.261 e. The van der Waals surface area contributed by atoms with Gasteiger partial charge in [-0.25, -0.2) is 4.85 Å². The number of hydrogen-bond acceptors (Lipinski definition) is 4. The second kappa shape index (κ2) is 6.89. The van der Waals surface area contributed by atoms with Gasteiger partial charge in [-0.1, -0.05) is 50.2 Å². The minimum atomic E-state index is -0.502. The Labute approximate surface area is 152 Å². The second-order valence-electron chi connectivity index (χ2n) is 6.97. The quantitative estimate of drug-likeness (QED) is 0.729. The largest absolute Gasteiger partial charge is 0.507 e. The summed E-state index contributed by atoms with van der Waals surface area (Å²) in [6, 6.07) is 12.0. The lowest BCUT2D eigenvalue weighted by molar-refractivity contribution is 0.0973. The highest BCUT2D eigenvalue weighted by molar-refractivity contribution is 6.12. The third-order valence-corrected chi connectivity index (χ3v) is 4.20. The highest BCUT2D eigenvalue weighted by atomic mass is 16.3. The van der Waals surface area contributed by atoms with E-state index in [0.717, 1.165) is 0 Å². The first-order valence-corrected chi connectivity index (χ1v) is 8.30. The summed E-state index contributed by atoms with van der Waals surface area (Å²) in [5.41, 5.74) is 1.50. The summed E-state index contributed by atoms with van der Waals surface area (Å²) in [5, 5.41) is 16.1. The van der Waals surface area contributed by atoms with Gasteiger partial charge in [0.05, 0.1) is 12.1 Å². The topological polar surface area (TPSA) is 78.1 Å². The molecule has 132 valence electrons. The summed E-state index contributed by atoms with van der Waals surface area (Å²) in [5.74, 6) is -0.302. The second-order valence-corrected chi connectivity index (χ2v) is 6.97. The van der Waals surface area contributed by atoms with Crippen LogP contribution in [-0.4, -0.2) is 30.1 Å². The molecule has 2 aromatic rings. The number of guanidine groups is 1. The Balaban J connectivity index is 2.01. The lowest BCUT2D eigenvalue weighted by Gasteiger charge is -2.29. The van der Waals surface area contributed by atoms with E-state index in [4.69, 9.17) is 6.57 Å². The van der Waals surface area contributed by atoms with Crippen LogP contribution in [0.2, 0.25) is 0 Å². The number of phenolic OH excluding ortho intramolecular Hbond substituents is 1. The van der Waals surface area contributed by atoms with Crippen molar-refractivity contribution in [2.24, 2.45) is 10.4 Å². The van der Waals surface area contributed by atoms with Gasteiger partial charge in [-0.3, -0.25) is 15.1 Å². The van der Waals surface area contributed by atoms with E-state index in [1.165, 1.54) is 12.1 Å². The number of carbonyl (C=O) groups is 1. The highest BCUT2D eigenvalue weighted by Gasteiger charge is 2.26. The SMILES string of the molecule is [C-]#[N+]c1ccc(O)c(C(=O)NC2=NCC(C)(C)CN2)c1-c1ccccc1. The Morgan fingerprint density at radius 2 is 2.00 bits per heavy atom. The number of carbonyl (C=O) groups excluding carboxylic acids is 1. The molecule has 0 aliphatic carbocycles. The van der Waals surface area contributed by atoms with Crippen LogP contribution in [0.1, 0.15) is 24.2 Å². The summed E-state index contributed by atoms with van der Waals surface area (Å²) in [6.45, 7) is 12.9. The number of hydrogen-bond donors (Lipinski definition) is 3. The number of aromatic hydroxyl groups is 1. The Morgan fingerprint density at radius 3 is 2.62 bits per heavy atom. The van der Waals surface area contributed by atoms with Gasteiger partial charge in [-0.05, 0) is 11.6 Å². The van der Waals surface area contributed by atoms with Crippen LogP contribution in [0.5, 0.6) is 5.75 Å². The minimum absolute atomic E-state index is 0.0234. The normalized spacial score (nSPS) is 15.3. The molecule has 2 aromatic carbocycles. The number of nitrogens with zero attached hydrogens (tertiary/aromatic N) is 2. The first kappa shape index (κ1) is 17.5. The van der Waals surface area contributed by atoms with Crippen molar-refractivity contribution < 1.29 is 9.90 Å². The number of phenols is 1. The molecule has 6 heteroatoms. The van der Waals surface area contributed by atoms with Crippen LogP contribution in [0.25, 0.3) is 16.0 Å². The fourth-order valence-electron chi connectivity index (χ4n) is 2.78. The van der Waals surface area contributed by atoms with E-state index in [0.29, 0.717) is 35.9 Å². The Bertz CT molecular complexity index is 911. The molecule has 1 aliphatic heterocycles. The molecule has 6 nitrogen and oxygen atoms in total. The number of nitrogens with one attached hydrogen (secondary N) is 2. The van der Waals surface area contributed by atoms with Gasteiger partial charge in [0.1, 0.15) is 5.75 Å². The molecule has 0 atom stereocenters. The zero-order valence-corrected chi connectivity index (χ0v) is 14.7. The fraction of sp³-hybridized carbons (Fsp3) is 0.250. The molecule has 1 heterocycles. The third kappa shape index (κ3) is 3.52. The predicted molar refractivity (Wildman–Crippen MR) is 101 cm³/mol. The van der Waals surface area contributed by atoms with Gasteiger partial charge in [0.2, 0.25) is 0 Å². The van der Waals surface area contributed by atoms with E-state index in [1.807, 2.05) is 18.2 Å². The van der Waals surface area contributed by atoms with E-state index in [-0.39, 0.29) is 16.7 Å². The summed E-state index contributed by atoms with van der Waals surface area (Å²) >= 11 is 0. The zero-order valence-electron chi connectivity index (χ0n) is 14.7. The van der Waals surface area contributed by atoms with Crippen molar-refractivity contribution >= 4 is 17.6 Å². The van der Waals surface area contributed by atoms with Crippen LogP contribution in [-0.2, 0) is 0 Å². The molecule has 0 spiro atoms. The monoisotopic (exact) mass is 348 g/mol. The average molecular weight is 348 g/mol. The Hall–Kier alpha value is -3.33. The van der Waals surface area contributed by atoms with Crippen molar-refractivity contribution in [1.29, 1.82) is 0 Å². The number of rotatable bonds is 2. The molecule has 3 rings (SSSR count). The fourth-order valence-corrected chi connectivity index (χ4v) is 2.78. The molecule has 0 radical (unpaired) electrons. The van der Waals surface area contributed by atoms with Crippen molar-refractivity contribution in [1.82, 2.24) is 10.6 Å². The molecule has 26 heavy (non-hydrogen) atoms. The standard InChI is InChI=1S/C20H20N4O2/c1-20(2)11-22-19(23-12-20)24-18(26)17-15(25)10-9-14(21-3)16(17)13-7-5-4-6-8-13/h4-10,25H,11-12H2,1-2H3,(H2,22,23,24,26). The maximum absolute atomic E-state index is 12.9. The summed E-state index contributed by atoms with van der Waals surface area (Å²) in [7, 11) is 0. The predicted octanol–water partition coefficient (Wildman–Crippen LogP) is 3.33. The van der Waals surface area contributed by atoms with E-state index < -0.39 is 5.91 Å². The van der Waals surface area contributed by atoms with Crippen molar-refractivity contribution in [2.75, 3.05) is 13.1 Å². The summed E-state index contributed by atoms with van der Waals surface area (Å²) in [6.07, 6.45) is 0. The van der Waals surface area contributed by atoms with Gasteiger partial charge in [-0.15, -0.1) is 0 Å². The lowest BCUT2D eigenvalue weighted by Crippen LogP contribution is -2.49. The molecule has 0 fully saturated rings. The zero-order chi connectivity index (χ0) is 18.7. The number of aliphatic imine (C=N–C) groups is 1. The molecule has 0 saturated heterocycles. The average Bonchev–Trinajstić information content (AvgIpc) is 2.63. The maximum atomic E-state index is 12.9. The molecule has 3 N–H and O–H groups in total. The van der Waals surface area contributed by atoms with Crippen LogP contribution in [0, 0.1) is 12.0 Å². The van der Waals surface area contributed by atoms with E-state index in [2.05, 4.69) is 34.3 Å². The van der Waals surface area contributed by atoms with Gasteiger partial charge in [0.15, 0.2) is 11.6 Å². The first-order valence-electron chi connectivity index (χ1n) is 8.30. The van der Waals surface area contributed by atoms with E-state index in [9.17, 15) is 9.90 Å². The van der Waals surface area contributed by atoms with Crippen molar-refractivity contribution in [3.63, 3.8) is 0 Å². The molecule has 1 amide bonds. The van der Waals surface area contributed by atoms with Gasteiger partial charge in [-0.2, -0.15) is 0 Å². The Kier molecular flexibility index (Phi) is 4.63.